The zero-order chi connectivity index (χ0) is 23.1. The second-order valence-electron chi connectivity index (χ2n) is 6.90. The molecule has 6 nitrogen and oxygen atoms in total. The molecule has 0 bridgehead atoms. The van der Waals surface area contributed by atoms with Crippen molar-refractivity contribution >= 4 is 51.6 Å². The Morgan fingerprint density at radius 1 is 1.19 bits per heavy atom. The number of pyridine rings is 1. The fourth-order valence-electron chi connectivity index (χ4n) is 3.44. The Morgan fingerprint density at radius 3 is 2.45 bits per heavy atom. The van der Waals surface area contributed by atoms with Crippen LogP contribution in [0, 0.1) is 0 Å². The Kier molecular flexibility index (Phi) is 9.32. The second kappa shape index (κ2) is 11.5. The summed E-state index contributed by atoms with van der Waals surface area (Å²) >= 11 is 7.82. The van der Waals surface area contributed by atoms with Gasteiger partial charge < -0.3 is 9.62 Å². The predicted molar refractivity (Wildman–Crippen MR) is 137 cm³/mol. The molecule has 2 aromatic heterocycles. The average molecular weight is 464 g/mol. The van der Waals surface area contributed by atoms with Crippen LogP contribution in [0.4, 0.5) is 17.1 Å². The van der Waals surface area contributed by atoms with Crippen molar-refractivity contribution in [2.75, 3.05) is 22.9 Å². The van der Waals surface area contributed by atoms with Gasteiger partial charge in [0.1, 0.15) is 10.5 Å². The van der Waals surface area contributed by atoms with Crippen molar-refractivity contribution in [1.29, 1.82) is 0 Å². The number of aromatic amines is 1. The molecular weight excluding hydrogens is 430 g/mol. The maximum atomic E-state index is 12.5. The minimum Gasteiger partial charge on any atom is -0.353 e. The van der Waals surface area contributed by atoms with Crippen LogP contribution in [0.15, 0.2) is 29.1 Å². The maximum Gasteiger partial charge on any atom is 0.277 e. The summed E-state index contributed by atoms with van der Waals surface area (Å²) in [6.45, 7) is 8.00. The summed E-state index contributed by atoms with van der Waals surface area (Å²) in [5.74, 6) is 0.659. The Bertz CT molecular complexity index is 1060. The lowest BCUT2D eigenvalue weighted by Crippen LogP contribution is -2.14. The molecule has 2 heterocycles. The maximum absolute atomic E-state index is 12.5. The number of H-pyrrole nitrogens is 1. The molecular formula is C23H34ClN5OS. The van der Waals surface area contributed by atoms with Crippen molar-refractivity contribution in [3.05, 3.63) is 45.3 Å². The zero-order valence-corrected chi connectivity index (χ0v) is 21.1. The van der Waals surface area contributed by atoms with E-state index in [1.807, 2.05) is 41.0 Å². The van der Waals surface area contributed by atoms with Gasteiger partial charge in [0.25, 0.3) is 5.56 Å². The topological polar surface area (TPSA) is 66.0 Å². The largest absolute Gasteiger partial charge is 0.353 e. The van der Waals surface area contributed by atoms with Crippen LogP contribution < -0.4 is 15.2 Å². The number of fused-ring (bicyclic) bond motifs is 1. The molecule has 4 rings (SSSR count). The summed E-state index contributed by atoms with van der Waals surface area (Å²) in [7, 11) is 3.71. The predicted octanol–water partition coefficient (Wildman–Crippen LogP) is 6.69. The standard InChI is InChI=1S/C19H22ClN5OS.2C2H6/c1-24-19(26)17-14(10-16(20)22-18(17)23-24)21-13-8-7-12(11-5-4-6-11)9-15(13)25(2)27-3;2*1-2/h7-11H,4-6H2,1-3H3,(H2,21,22,23);2*1-2H3. The van der Waals surface area contributed by atoms with E-state index in [-0.39, 0.29) is 5.56 Å². The van der Waals surface area contributed by atoms with Gasteiger partial charge in [-0.25, -0.2) is 4.98 Å². The molecule has 1 fully saturated rings. The highest BCUT2D eigenvalue weighted by molar-refractivity contribution is 7.99. The zero-order valence-electron chi connectivity index (χ0n) is 19.5. The van der Waals surface area contributed by atoms with E-state index in [1.54, 1.807) is 25.1 Å². The van der Waals surface area contributed by atoms with Crippen LogP contribution in [0.2, 0.25) is 5.15 Å². The van der Waals surface area contributed by atoms with Gasteiger partial charge in [-0.3, -0.25) is 14.6 Å². The van der Waals surface area contributed by atoms with Crippen LogP contribution in [0.3, 0.4) is 0 Å². The fraction of sp³-hybridized carbons (Fsp3) is 0.478. The van der Waals surface area contributed by atoms with Crippen molar-refractivity contribution in [3.63, 3.8) is 0 Å². The van der Waals surface area contributed by atoms with E-state index >= 15 is 0 Å². The molecule has 1 aromatic carbocycles. The Hall–Kier alpha value is -2.12. The molecule has 0 amide bonds. The van der Waals surface area contributed by atoms with E-state index in [9.17, 15) is 4.79 Å². The van der Waals surface area contributed by atoms with Gasteiger partial charge in [-0.15, -0.1) is 0 Å². The Morgan fingerprint density at radius 2 is 1.87 bits per heavy atom. The number of halogens is 1. The summed E-state index contributed by atoms with van der Waals surface area (Å²) in [6, 6.07) is 8.21. The lowest BCUT2D eigenvalue weighted by atomic mass is 9.80. The van der Waals surface area contributed by atoms with Crippen LogP contribution >= 0.6 is 23.5 Å². The highest BCUT2D eigenvalue weighted by Gasteiger charge is 2.22. The first-order valence-electron chi connectivity index (χ1n) is 10.9. The van der Waals surface area contributed by atoms with Gasteiger partial charge >= 0.3 is 0 Å². The van der Waals surface area contributed by atoms with Gasteiger partial charge in [0.2, 0.25) is 0 Å². The minimum atomic E-state index is -0.137. The molecule has 0 aliphatic heterocycles. The molecule has 0 spiro atoms. The van der Waals surface area contributed by atoms with Gasteiger partial charge in [0, 0.05) is 20.4 Å². The molecule has 8 heteroatoms. The number of anilines is 3. The number of rotatable bonds is 5. The summed E-state index contributed by atoms with van der Waals surface area (Å²) in [5.41, 5.74) is 4.38. The number of hydrogen-bond donors (Lipinski definition) is 2. The molecule has 31 heavy (non-hydrogen) atoms. The molecule has 0 radical (unpaired) electrons. The van der Waals surface area contributed by atoms with E-state index in [0.29, 0.717) is 27.8 Å². The molecule has 1 saturated carbocycles. The van der Waals surface area contributed by atoms with Crippen molar-refractivity contribution in [1.82, 2.24) is 14.8 Å². The first-order valence-corrected chi connectivity index (χ1v) is 12.5. The van der Waals surface area contributed by atoms with E-state index in [1.165, 1.54) is 29.5 Å². The number of benzene rings is 1. The molecule has 2 N–H and O–H groups in total. The van der Waals surface area contributed by atoms with Gasteiger partial charge in [0.15, 0.2) is 5.65 Å². The first-order chi connectivity index (χ1) is 15.0. The number of hydrogen-bond acceptors (Lipinski definition) is 5. The molecule has 1 aliphatic carbocycles. The van der Waals surface area contributed by atoms with E-state index < -0.39 is 0 Å². The second-order valence-corrected chi connectivity index (χ2v) is 8.20. The van der Waals surface area contributed by atoms with E-state index in [2.05, 4.69) is 37.9 Å². The summed E-state index contributed by atoms with van der Waals surface area (Å²) in [5, 5.41) is 7.18. The normalized spacial score (nSPS) is 12.9. The minimum absolute atomic E-state index is 0.137. The lowest BCUT2D eigenvalue weighted by molar-refractivity contribution is 0.420. The molecule has 170 valence electrons. The Labute approximate surface area is 194 Å². The van der Waals surface area contributed by atoms with E-state index in [0.717, 1.165) is 11.4 Å². The van der Waals surface area contributed by atoms with Crippen molar-refractivity contribution in [2.24, 2.45) is 7.05 Å². The van der Waals surface area contributed by atoms with Crippen LogP contribution in [0.5, 0.6) is 0 Å². The number of aryl methyl sites for hydroxylation is 1. The molecule has 1 aliphatic rings. The van der Waals surface area contributed by atoms with Crippen LogP contribution in [-0.2, 0) is 7.05 Å². The first kappa shape index (κ1) is 25.1. The highest BCUT2D eigenvalue weighted by Crippen LogP contribution is 2.41. The molecule has 0 saturated heterocycles. The van der Waals surface area contributed by atoms with Gasteiger partial charge in [-0.2, -0.15) is 0 Å². The average Bonchev–Trinajstić information content (AvgIpc) is 3.03. The SMILES string of the molecule is CC.CC.CSN(C)c1cc(C2CCC2)ccc1Nc1cc(Cl)nc2[nH]n(C)c(=O)c12. The fourth-order valence-corrected chi connectivity index (χ4v) is 3.98. The van der Waals surface area contributed by atoms with Crippen molar-refractivity contribution in [2.45, 2.75) is 52.9 Å². The van der Waals surface area contributed by atoms with Crippen molar-refractivity contribution in [3.8, 4) is 0 Å². The molecule has 0 atom stereocenters. The van der Waals surface area contributed by atoms with Crippen molar-refractivity contribution < 1.29 is 0 Å². The highest BCUT2D eigenvalue weighted by atomic mass is 35.5. The number of aromatic nitrogens is 3. The third-order valence-corrected chi connectivity index (χ3v) is 6.20. The van der Waals surface area contributed by atoms with E-state index in [4.69, 9.17) is 11.6 Å². The van der Waals surface area contributed by atoms with Gasteiger partial charge in [-0.1, -0.05) is 63.7 Å². The number of nitrogens with zero attached hydrogens (tertiary/aromatic N) is 3. The van der Waals surface area contributed by atoms with Crippen LogP contribution in [0.1, 0.15) is 58.4 Å². The number of nitrogens with one attached hydrogen (secondary N) is 2. The summed E-state index contributed by atoms with van der Waals surface area (Å²) in [4.78, 5) is 16.7. The smallest absolute Gasteiger partial charge is 0.277 e. The van der Waals surface area contributed by atoms with Gasteiger partial charge in [-0.05, 0) is 42.5 Å². The summed E-state index contributed by atoms with van der Waals surface area (Å²) in [6.07, 6.45) is 5.87. The third kappa shape index (κ3) is 5.39. The third-order valence-electron chi connectivity index (χ3n) is 5.26. The Balaban J connectivity index is 0.000000807. The van der Waals surface area contributed by atoms with Gasteiger partial charge in [0.05, 0.1) is 17.1 Å². The summed E-state index contributed by atoms with van der Waals surface area (Å²) < 4.78 is 3.54. The monoisotopic (exact) mass is 463 g/mol. The quantitative estimate of drug-likeness (QED) is 0.325. The van der Waals surface area contributed by atoms with Crippen LogP contribution in [-0.4, -0.2) is 28.1 Å². The lowest BCUT2D eigenvalue weighted by Gasteiger charge is -2.28. The molecule has 0 unspecified atom stereocenters. The molecule has 3 aromatic rings. The van der Waals surface area contributed by atoms with Crippen LogP contribution in [0.25, 0.3) is 11.0 Å².